The van der Waals surface area contributed by atoms with Crippen LogP contribution in [-0.2, 0) is 0 Å². The maximum atomic E-state index is 8.06. The number of hydrogen-bond donors (Lipinski definition) is 0. The highest BCUT2D eigenvalue weighted by Gasteiger charge is 2.32. The van der Waals surface area contributed by atoms with E-state index >= 15 is 0 Å². The molecule has 15 heavy (non-hydrogen) atoms. The molecule has 0 saturated heterocycles. The average Bonchev–Trinajstić information content (AvgIpc) is 2.21. The van der Waals surface area contributed by atoms with Crippen molar-refractivity contribution in [3.8, 4) is 0 Å². The summed E-state index contributed by atoms with van der Waals surface area (Å²) in [4.78, 5) is 0. The van der Waals surface area contributed by atoms with Gasteiger partial charge in [-0.3, -0.25) is 0 Å². The molecule has 0 aromatic carbocycles. The summed E-state index contributed by atoms with van der Waals surface area (Å²) in [6.07, 6.45) is 6.00. The molecular weight excluding hydrogens is 180 g/mol. The smallest absolute Gasteiger partial charge is 0.0316 e. The van der Waals surface area contributed by atoms with Crippen LogP contribution in [0, 0.1) is 17.8 Å². The lowest BCUT2D eigenvalue weighted by atomic mass is 9.67. The summed E-state index contributed by atoms with van der Waals surface area (Å²) in [5.74, 6) is 2.22. The molecule has 0 heteroatoms. The molecule has 2 aliphatic carbocycles. The van der Waals surface area contributed by atoms with E-state index in [2.05, 4.69) is 33.8 Å². The monoisotopic (exact) mass is 205 g/mol. The van der Waals surface area contributed by atoms with Crippen molar-refractivity contribution in [1.29, 1.82) is 0 Å². The van der Waals surface area contributed by atoms with Crippen LogP contribution in [0.25, 0.3) is 0 Å². The Kier molecular flexibility index (Phi) is 2.68. The fourth-order valence-electron chi connectivity index (χ4n) is 3.17. The Balaban J connectivity index is 2.36. The van der Waals surface area contributed by atoms with Crippen LogP contribution >= 0.6 is 0 Å². The Bertz CT molecular complexity index is 335. The second kappa shape index (κ2) is 4.15. The van der Waals surface area contributed by atoms with E-state index in [4.69, 9.17) is 1.37 Å². The Morgan fingerprint density at radius 2 is 2.07 bits per heavy atom. The lowest BCUT2D eigenvalue weighted by Crippen LogP contribution is -2.27. The van der Waals surface area contributed by atoms with Gasteiger partial charge in [0.05, 0.1) is 0 Å². The largest absolute Gasteiger partial charge is 0.0781 e. The summed E-state index contributed by atoms with van der Waals surface area (Å²) in [6, 6.07) is 0. The van der Waals surface area contributed by atoms with Gasteiger partial charge in [-0.15, -0.1) is 0 Å². The third-order valence-corrected chi connectivity index (χ3v) is 4.21. The van der Waals surface area contributed by atoms with Crippen molar-refractivity contribution < 1.29 is 1.37 Å². The van der Waals surface area contributed by atoms with Gasteiger partial charge >= 0.3 is 0 Å². The third kappa shape index (κ3) is 2.04. The zero-order valence-corrected chi connectivity index (χ0v) is 10.5. The van der Waals surface area contributed by atoms with E-state index in [1.165, 1.54) is 18.4 Å². The van der Waals surface area contributed by atoms with Gasteiger partial charge in [-0.1, -0.05) is 36.6 Å². The van der Waals surface area contributed by atoms with Gasteiger partial charge < -0.3 is 0 Å². The van der Waals surface area contributed by atoms with Gasteiger partial charge in [0.25, 0.3) is 0 Å². The first-order valence-electron chi connectivity index (χ1n) is 6.87. The van der Waals surface area contributed by atoms with Crippen LogP contribution in [0.2, 0.25) is 0 Å². The van der Waals surface area contributed by atoms with Crippen LogP contribution < -0.4 is 0 Å². The molecule has 0 nitrogen and oxygen atoms in total. The van der Waals surface area contributed by atoms with Crippen LogP contribution in [0.1, 0.15) is 54.7 Å². The van der Waals surface area contributed by atoms with Gasteiger partial charge in [0.2, 0.25) is 0 Å². The van der Waals surface area contributed by atoms with Crippen molar-refractivity contribution in [1.82, 2.24) is 0 Å². The summed E-state index contributed by atoms with van der Waals surface area (Å²) in [5, 5.41) is 0. The van der Waals surface area contributed by atoms with Crippen molar-refractivity contribution in [3.63, 3.8) is 0 Å². The van der Waals surface area contributed by atoms with E-state index in [0.29, 0.717) is 5.92 Å². The molecule has 2 rings (SSSR count). The molecular formula is C15H24. The van der Waals surface area contributed by atoms with Gasteiger partial charge in [0.1, 0.15) is 0 Å². The molecule has 3 atom stereocenters. The molecule has 84 valence electrons. The van der Waals surface area contributed by atoms with E-state index in [0.717, 1.165) is 18.3 Å². The third-order valence-electron chi connectivity index (χ3n) is 4.21. The lowest BCUT2D eigenvalue weighted by Gasteiger charge is -2.38. The Labute approximate surface area is 95.9 Å². The van der Waals surface area contributed by atoms with Crippen molar-refractivity contribution >= 4 is 0 Å². The van der Waals surface area contributed by atoms with Crippen LogP contribution in [0.4, 0.5) is 0 Å². The van der Waals surface area contributed by atoms with Crippen molar-refractivity contribution in [2.24, 2.45) is 17.8 Å². The summed E-state index contributed by atoms with van der Waals surface area (Å²) >= 11 is 0. The van der Waals surface area contributed by atoms with Gasteiger partial charge in [0.15, 0.2) is 0 Å². The number of hydrogen-bond acceptors (Lipinski definition) is 0. The van der Waals surface area contributed by atoms with Gasteiger partial charge in [-0.25, -0.2) is 0 Å². The molecule has 0 bridgehead atoms. The van der Waals surface area contributed by atoms with Gasteiger partial charge in [-0.2, -0.15) is 0 Å². The molecule has 0 spiro atoms. The van der Waals surface area contributed by atoms with Crippen LogP contribution in [0.3, 0.4) is 0 Å². The summed E-state index contributed by atoms with van der Waals surface area (Å²) < 4.78 is 8.06. The minimum absolute atomic E-state index is 0.0205. The molecule has 0 fully saturated rings. The molecule has 0 heterocycles. The highest BCUT2D eigenvalue weighted by molar-refractivity contribution is 5.30. The quantitative estimate of drug-likeness (QED) is 0.543. The minimum Gasteiger partial charge on any atom is -0.0781 e. The predicted molar refractivity (Wildman–Crippen MR) is 66.7 cm³/mol. The van der Waals surface area contributed by atoms with Crippen LogP contribution in [-0.4, -0.2) is 0 Å². The summed E-state index contributed by atoms with van der Waals surface area (Å²) in [6.45, 7) is 9.10. The highest BCUT2D eigenvalue weighted by Crippen LogP contribution is 2.44. The minimum atomic E-state index is 0.0205. The first-order chi connectivity index (χ1) is 7.50. The van der Waals surface area contributed by atoms with Crippen LogP contribution in [0.5, 0.6) is 0 Å². The molecule has 1 unspecified atom stereocenters. The van der Waals surface area contributed by atoms with Gasteiger partial charge in [-0.05, 0) is 51.3 Å². The molecule has 0 aromatic heterocycles. The average molecular weight is 205 g/mol. The standard InChI is InChI=1S/C15H24/c1-10(2)13-8-6-12(4)14-7-5-11(3)9-15(13)14/h9-10,13,15H,5-8H2,1-4H3/t13-,15?/m0/s1/i5D/t5-,13+,15?/m1. The fourth-order valence-corrected chi connectivity index (χ4v) is 3.17. The molecule has 0 amide bonds. The maximum Gasteiger partial charge on any atom is 0.0316 e. The molecule has 0 aromatic rings. The molecule has 0 N–H and O–H groups in total. The van der Waals surface area contributed by atoms with E-state index in [-0.39, 0.29) is 6.40 Å². The topological polar surface area (TPSA) is 0 Å². The molecule has 0 saturated carbocycles. The predicted octanol–water partition coefficient (Wildman–Crippen LogP) is 4.73. The zero-order chi connectivity index (χ0) is 11.9. The van der Waals surface area contributed by atoms with Gasteiger partial charge in [0, 0.05) is 7.29 Å². The van der Waals surface area contributed by atoms with E-state index < -0.39 is 0 Å². The number of rotatable bonds is 1. The Hall–Kier alpha value is -0.520. The van der Waals surface area contributed by atoms with Crippen molar-refractivity contribution in [3.05, 3.63) is 22.8 Å². The van der Waals surface area contributed by atoms with Crippen molar-refractivity contribution in [2.45, 2.75) is 53.4 Å². The zero-order valence-electron chi connectivity index (χ0n) is 11.5. The van der Waals surface area contributed by atoms with E-state index in [1.807, 2.05) is 0 Å². The summed E-state index contributed by atoms with van der Waals surface area (Å²) in [7, 11) is 0. The maximum absolute atomic E-state index is 8.06. The Morgan fingerprint density at radius 1 is 1.33 bits per heavy atom. The second-order valence-electron chi connectivity index (χ2n) is 5.60. The molecule has 0 radical (unpaired) electrons. The highest BCUT2D eigenvalue weighted by atomic mass is 14.4. The second-order valence-corrected chi connectivity index (χ2v) is 5.60. The van der Waals surface area contributed by atoms with Crippen molar-refractivity contribution in [2.75, 3.05) is 0 Å². The van der Waals surface area contributed by atoms with E-state index in [9.17, 15) is 0 Å². The number of allylic oxidation sites excluding steroid dienone is 4. The Morgan fingerprint density at radius 3 is 2.73 bits per heavy atom. The molecule has 2 aliphatic rings. The summed E-state index contributed by atoms with van der Waals surface area (Å²) in [5.41, 5.74) is 4.45. The number of fused-ring (bicyclic) bond motifs is 1. The normalized spacial score (nSPS) is 37.5. The fraction of sp³-hybridized carbons (Fsp3) is 0.733. The molecule has 0 aliphatic heterocycles. The SMILES string of the molecule is [2H][C@@H]1CC2=C(C)CC[C@@H](C(C)C)C2C=C1C. The first kappa shape index (κ1) is 9.69. The van der Waals surface area contributed by atoms with E-state index in [1.54, 1.807) is 11.1 Å². The van der Waals surface area contributed by atoms with Crippen LogP contribution in [0.15, 0.2) is 22.8 Å². The lowest BCUT2D eigenvalue weighted by molar-refractivity contribution is 0.277. The first-order valence-corrected chi connectivity index (χ1v) is 6.29.